The van der Waals surface area contributed by atoms with Crippen molar-refractivity contribution in [2.24, 2.45) is 5.73 Å². The first-order chi connectivity index (χ1) is 17.4. The topological polar surface area (TPSA) is 138 Å². The molecule has 9 nitrogen and oxygen atoms in total. The maximum atomic E-state index is 12.8. The van der Waals surface area contributed by atoms with Crippen molar-refractivity contribution >= 4 is 34.9 Å². The summed E-state index contributed by atoms with van der Waals surface area (Å²) in [6.45, 7) is 0.569. The average Bonchev–Trinajstić information content (AvgIpc) is 3.57. The lowest BCUT2D eigenvalue weighted by Gasteiger charge is -2.24. The number of thiophene rings is 1. The van der Waals surface area contributed by atoms with Crippen LogP contribution >= 0.6 is 11.3 Å². The van der Waals surface area contributed by atoms with E-state index < -0.39 is 6.04 Å². The van der Waals surface area contributed by atoms with Gasteiger partial charge in [0.1, 0.15) is 23.4 Å². The Hall–Kier alpha value is -4.18. The van der Waals surface area contributed by atoms with Gasteiger partial charge < -0.3 is 26.0 Å². The summed E-state index contributed by atoms with van der Waals surface area (Å²) >= 11 is 1.41. The minimum Gasteiger partial charge on any atom is -0.457 e. The highest BCUT2D eigenvalue weighted by Crippen LogP contribution is 2.21. The van der Waals surface area contributed by atoms with E-state index in [1.54, 1.807) is 35.7 Å². The molecular formula is C26H27N5O4S. The first kappa shape index (κ1) is 24.9. The Morgan fingerprint density at radius 2 is 1.75 bits per heavy atom. The molecule has 1 saturated heterocycles. The predicted molar refractivity (Wildman–Crippen MR) is 137 cm³/mol. The van der Waals surface area contributed by atoms with Gasteiger partial charge in [-0.3, -0.25) is 19.8 Å². The van der Waals surface area contributed by atoms with Crippen LogP contribution in [0.3, 0.4) is 0 Å². The van der Waals surface area contributed by atoms with Crippen LogP contribution in [0.25, 0.3) is 0 Å². The monoisotopic (exact) mass is 505 g/mol. The second-order valence-electron chi connectivity index (χ2n) is 8.30. The molecule has 2 heterocycles. The van der Waals surface area contributed by atoms with Crippen molar-refractivity contribution in [2.75, 3.05) is 13.1 Å². The van der Waals surface area contributed by atoms with Crippen molar-refractivity contribution < 1.29 is 19.1 Å². The zero-order chi connectivity index (χ0) is 25.5. The normalized spacial score (nSPS) is 14.8. The number of likely N-dealkylation sites (tertiary alicyclic amines) is 1. The Labute approximate surface area is 212 Å². The van der Waals surface area contributed by atoms with Crippen molar-refractivity contribution in [2.45, 2.75) is 25.4 Å². The molecule has 0 saturated carbocycles. The smallest absolute Gasteiger partial charge is 0.251 e. The van der Waals surface area contributed by atoms with Crippen molar-refractivity contribution in [3.63, 3.8) is 0 Å². The molecular weight excluding hydrogens is 478 g/mol. The number of amidine groups is 1. The lowest BCUT2D eigenvalue weighted by atomic mass is 10.2. The largest absolute Gasteiger partial charge is 0.457 e. The van der Waals surface area contributed by atoms with E-state index in [2.05, 4.69) is 10.6 Å². The molecule has 186 valence electrons. The summed E-state index contributed by atoms with van der Waals surface area (Å²) in [6, 6.07) is 17.2. The van der Waals surface area contributed by atoms with Crippen molar-refractivity contribution in [3.8, 4) is 11.5 Å². The summed E-state index contributed by atoms with van der Waals surface area (Å²) in [5, 5.41) is 14.7. The van der Waals surface area contributed by atoms with Gasteiger partial charge in [0.05, 0.1) is 13.1 Å². The number of amides is 3. The van der Waals surface area contributed by atoms with E-state index in [4.69, 9.17) is 15.9 Å². The molecule has 0 spiro atoms. The third-order valence-corrected chi connectivity index (χ3v) is 6.71. The van der Waals surface area contributed by atoms with Gasteiger partial charge in [-0.1, -0.05) is 18.2 Å². The molecule has 1 atom stereocenters. The number of hydrogen-bond acceptors (Lipinski definition) is 6. The van der Waals surface area contributed by atoms with Crippen LogP contribution in [0.2, 0.25) is 0 Å². The van der Waals surface area contributed by atoms with Crippen LogP contribution in [-0.4, -0.2) is 47.6 Å². The molecule has 1 fully saturated rings. The number of nitrogen functional groups attached to an aromatic ring is 1. The van der Waals surface area contributed by atoms with Crippen LogP contribution in [-0.2, 0) is 16.1 Å². The summed E-state index contributed by atoms with van der Waals surface area (Å²) < 4.78 is 5.73. The van der Waals surface area contributed by atoms with E-state index in [1.165, 1.54) is 16.2 Å². The summed E-state index contributed by atoms with van der Waals surface area (Å²) in [5.41, 5.74) is 6.50. The summed E-state index contributed by atoms with van der Waals surface area (Å²) in [4.78, 5) is 40.4. The summed E-state index contributed by atoms with van der Waals surface area (Å²) in [7, 11) is 0. The molecule has 0 unspecified atom stereocenters. The second-order valence-corrected chi connectivity index (χ2v) is 9.30. The molecule has 0 bridgehead atoms. The first-order valence-electron chi connectivity index (χ1n) is 11.5. The van der Waals surface area contributed by atoms with E-state index in [-0.39, 0.29) is 30.1 Å². The van der Waals surface area contributed by atoms with Crippen LogP contribution in [0.4, 0.5) is 0 Å². The van der Waals surface area contributed by atoms with Gasteiger partial charge in [0, 0.05) is 27.9 Å². The van der Waals surface area contributed by atoms with Gasteiger partial charge >= 0.3 is 0 Å². The van der Waals surface area contributed by atoms with E-state index >= 15 is 0 Å². The molecule has 3 amide bonds. The number of para-hydroxylation sites is 1. The molecule has 1 aliphatic rings. The Morgan fingerprint density at radius 3 is 2.44 bits per heavy atom. The SMILES string of the molecule is N=C(N)c1csc(CNC(=O)[C@@H]2CCCN2C(=O)CNC(=O)c2ccc(Oc3ccccc3)cc2)c1. The number of nitrogens with two attached hydrogens (primary N) is 1. The average molecular weight is 506 g/mol. The fourth-order valence-corrected chi connectivity index (χ4v) is 4.73. The van der Waals surface area contributed by atoms with Crippen LogP contribution in [0.1, 0.15) is 33.6 Å². The third kappa shape index (κ3) is 6.28. The van der Waals surface area contributed by atoms with E-state index in [9.17, 15) is 14.4 Å². The minimum atomic E-state index is -0.573. The Morgan fingerprint density at radius 1 is 1.03 bits per heavy atom. The second kappa shape index (κ2) is 11.5. The standard InChI is InChI=1S/C26H27N5O4S/c27-24(28)18-13-21(36-16-18)14-29-26(34)22-7-4-12-31(22)23(32)15-30-25(33)17-8-10-20(11-9-17)35-19-5-2-1-3-6-19/h1-3,5-6,8-11,13,16,22H,4,7,12,14-15H2,(H3,27,28)(H,29,34)(H,30,33)/t22-/m0/s1. The van der Waals surface area contributed by atoms with E-state index in [1.807, 2.05) is 30.3 Å². The summed E-state index contributed by atoms with van der Waals surface area (Å²) in [6.07, 6.45) is 1.28. The van der Waals surface area contributed by atoms with Crippen LogP contribution in [0, 0.1) is 5.41 Å². The molecule has 10 heteroatoms. The maximum Gasteiger partial charge on any atom is 0.251 e. The van der Waals surface area contributed by atoms with Gasteiger partial charge in [0.25, 0.3) is 5.91 Å². The molecule has 3 aromatic rings. The van der Waals surface area contributed by atoms with Crippen molar-refractivity contribution in [1.29, 1.82) is 5.41 Å². The molecule has 0 radical (unpaired) electrons. The maximum absolute atomic E-state index is 12.8. The lowest BCUT2D eigenvalue weighted by molar-refractivity contribution is -0.137. The fraction of sp³-hybridized carbons (Fsp3) is 0.231. The number of benzene rings is 2. The predicted octanol–water partition coefficient (Wildman–Crippen LogP) is 2.86. The fourth-order valence-electron chi connectivity index (χ4n) is 3.90. The molecule has 5 N–H and O–H groups in total. The van der Waals surface area contributed by atoms with Gasteiger partial charge in [-0.25, -0.2) is 0 Å². The van der Waals surface area contributed by atoms with Gasteiger partial charge in [0.2, 0.25) is 11.8 Å². The van der Waals surface area contributed by atoms with E-state index in [0.29, 0.717) is 48.6 Å². The molecule has 4 rings (SSSR count). The van der Waals surface area contributed by atoms with E-state index in [0.717, 1.165) is 4.88 Å². The quantitative estimate of drug-likeness (QED) is 0.262. The number of carbonyl (C=O) groups excluding carboxylic acids is 3. The number of nitrogens with one attached hydrogen (secondary N) is 3. The zero-order valence-electron chi connectivity index (χ0n) is 19.5. The number of nitrogens with zero attached hydrogens (tertiary/aromatic N) is 1. The first-order valence-corrected chi connectivity index (χ1v) is 12.4. The highest BCUT2D eigenvalue weighted by Gasteiger charge is 2.33. The van der Waals surface area contributed by atoms with Crippen molar-refractivity contribution in [1.82, 2.24) is 15.5 Å². The van der Waals surface area contributed by atoms with Gasteiger partial charge in [-0.05, 0) is 55.3 Å². The van der Waals surface area contributed by atoms with Crippen LogP contribution < -0.4 is 21.1 Å². The minimum absolute atomic E-state index is 0.0186. The number of carbonyl (C=O) groups is 3. The Kier molecular flexibility index (Phi) is 7.96. The van der Waals surface area contributed by atoms with Crippen LogP contribution in [0.15, 0.2) is 66.0 Å². The summed E-state index contributed by atoms with van der Waals surface area (Å²) in [5.74, 6) is 0.350. The van der Waals surface area contributed by atoms with Gasteiger partial charge in [-0.15, -0.1) is 11.3 Å². The highest BCUT2D eigenvalue weighted by molar-refractivity contribution is 7.10. The van der Waals surface area contributed by atoms with Crippen LogP contribution in [0.5, 0.6) is 11.5 Å². The number of hydrogen-bond donors (Lipinski definition) is 4. The van der Waals surface area contributed by atoms with Gasteiger partial charge in [-0.2, -0.15) is 0 Å². The third-order valence-electron chi connectivity index (χ3n) is 5.77. The highest BCUT2D eigenvalue weighted by atomic mass is 32.1. The Bertz CT molecular complexity index is 1240. The number of ether oxygens (including phenoxy) is 1. The molecule has 36 heavy (non-hydrogen) atoms. The zero-order valence-corrected chi connectivity index (χ0v) is 20.3. The molecule has 1 aromatic heterocycles. The van der Waals surface area contributed by atoms with Crippen molar-refractivity contribution in [3.05, 3.63) is 82.0 Å². The molecule has 1 aliphatic heterocycles. The Balaban J connectivity index is 1.26. The molecule has 2 aromatic carbocycles. The lowest BCUT2D eigenvalue weighted by Crippen LogP contribution is -2.48. The molecule has 0 aliphatic carbocycles. The number of rotatable bonds is 9. The van der Waals surface area contributed by atoms with Gasteiger partial charge in [0.15, 0.2) is 0 Å².